The number of aliphatic hydroxyl groups excluding tert-OH is 1. The fourth-order valence-electron chi connectivity index (χ4n) is 2.85. The molecule has 0 aromatic rings. The largest absolute Gasteiger partial charge is 0.481 e. The summed E-state index contributed by atoms with van der Waals surface area (Å²) >= 11 is 0. The van der Waals surface area contributed by atoms with Gasteiger partial charge in [-0.1, -0.05) is 58.3 Å². The summed E-state index contributed by atoms with van der Waals surface area (Å²) in [5, 5.41) is 20.5. The molecule has 24 heavy (non-hydrogen) atoms. The summed E-state index contributed by atoms with van der Waals surface area (Å²) in [6.45, 7) is 2.16. The van der Waals surface area contributed by atoms with Crippen LogP contribution in [0.5, 0.6) is 0 Å². The number of rotatable bonds is 17. The summed E-state index contributed by atoms with van der Waals surface area (Å²) in [5.74, 6) is -0.585. The zero-order valence-electron chi connectivity index (χ0n) is 15.4. The highest BCUT2D eigenvalue weighted by Crippen LogP contribution is 2.14. The Hall–Kier alpha value is -1.10. The molecule has 0 aromatic heterocycles. The number of carboxylic acids is 1. The lowest BCUT2D eigenvalue weighted by Gasteiger charge is -2.18. The van der Waals surface area contributed by atoms with Gasteiger partial charge in [-0.05, 0) is 25.7 Å². The number of aliphatic carboxylic acids is 1. The van der Waals surface area contributed by atoms with Crippen molar-refractivity contribution >= 4 is 11.9 Å². The lowest BCUT2D eigenvalue weighted by atomic mass is 10.00. The van der Waals surface area contributed by atoms with Crippen LogP contribution in [-0.2, 0) is 9.59 Å². The fraction of sp³-hybridized carbons (Fsp3) is 0.895. The van der Waals surface area contributed by atoms with Gasteiger partial charge >= 0.3 is 5.97 Å². The molecule has 1 amide bonds. The van der Waals surface area contributed by atoms with E-state index < -0.39 is 5.97 Å². The molecular weight excluding hydrogens is 306 g/mol. The maximum absolute atomic E-state index is 11.6. The zero-order chi connectivity index (χ0) is 18.0. The summed E-state index contributed by atoms with van der Waals surface area (Å²) < 4.78 is 0. The highest BCUT2D eigenvalue weighted by atomic mass is 16.4. The van der Waals surface area contributed by atoms with Crippen LogP contribution in [0.3, 0.4) is 0 Å². The number of carbonyl (C=O) groups is 2. The summed E-state index contributed by atoms with van der Waals surface area (Å²) in [5.41, 5.74) is 0. The number of hydrogen-bond donors (Lipinski definition) is 3. The van der Waals surface area contributed by atoms with Crippen LogP contribution in [0.4, 0.5) is 0 Å². The quantitative estimate of drug-likeness (QED) is 0.348. The molecule has 5 heteroatoms. The number of aliphatic hydroxyl groups is 1. The van der Waals surface area contributed by atoms with Crippen LogP contribution in [-0.4, -0.2) is 34.7 Å². The molecule has 0 heterocycles. The smallest absolute Gasteiger partial charge is 0.303 e. The molecule has 0 spiro atoms. The molecule has 142 valence electrons. The van der Waals surface area contributed by atoms with E-state index in [4.69, 9.17) is 10.2 Å². The van der Waals surface area contributed by atoms with Crippen LogP contribution in [0.25, 0.3) is 0 Å². The van der Waals surface area contributed by atoms with Gasteiger partial charge in [0.2, 0.25) is 5.91 Å². The maximum Gasteiger partial charge on any atom is 0.303 e. The second-order valence-electron chi connectivity index (χ2n) is 6.60. The third-order valence-corrected chi connectivity index (χ3v) is 4.34. The summed E-state index contributed by atoms with van der Waals surface area (Å²) in [7, 11) is 0. The van der Waals surface area contributed by atoms with Gasteiger partial charge in [-0.25, -0.2) is 0 Å². The van der Waals surface area contributed by atoms with Crippen LogP contribution < -0.4 is 5.32 Å². The van der Waals surface area contributed by atoms with E-state index in [0.29, 0.717) is 6.42 Å². The van der Waals surface area contributed by atoms with E-state index in [1.165, 1.54) is 0 Å². The van der Waals surface area contributed by atoms with E-state index in [0.717, 1.165) is 77.0 Å². The second-order valence-corrected chi connectivity index (χ2v) is 6.60. The number of hydrogen-bond acceptors (Lipinski definition) is 3. The fourth-order valence-corrected chi connectivity index (χ4v) is 2.85. The Kier molecular flexibility index (Phi) is 16.0. The van der Waals surface area contributed by atoms with Gasteiger partial charge < -0.3 is 15.5 Å². The number of carboxylic acid groups (broad SMARTS) is 1. The van der Waals surface area contributed by atoms with E-state index in [1.807, 2.05) is 6.92 Å². The summed E-state index contributed by atoms with van der Waals surface area (Å²) in [4.78, 5) is 22.1. The first-order valence-corrected chi connectivity index (χ1v) is 9.72. The van der Waals surface area contributed by atoms with Crippen LogP contribution in [0.2, 0.25) is 0 Å². The van der Waals surface area contributed by atoms with Gasteiger partial charge in [0.15, 0.2) is 0 Å². The predicted octanol–water partition coefficient (Wildman–Crippen LogP) is 4.03. The maximum atomic E-state index is 11.6. The van der Waals surface area contributed by atoms with Crippen molar-refractivity contribution in [1.82, 2.24) is 5.32 Å². The molecule has 0 fully saturated rings. The number of unbranched alkanes of at least 4 members (excludes halogenated alkanes) is 8. The third kappa shape index (κ3) is 15.8. The molecule has 0 aromatic carbocycles. The Labute approximate surface area is 147 Å². The standard InChI is InChI=1S/C19H37NO4/c1-2-18(22)20-17(14-10-6-4-8-12-16-21)13-9-5-3-7-11-15-19(23)24/h17,21H,2-16H2,1H3,(H,20,22)(H,23,24). The first-order valence-electron chi connectivity index (χ1n) is 9.72. The highest BCUT2D eigenvalue weighted by molar-refractivity contribution is 5.75. The summed E-state index contributed by atoms with van der Waals surface area (Å²) in [6, 6.07) is 0.273. The average molecular weight is 344 g/mol. The summed E-state index contributed by atoms with van der Waals surface area (Å²) in [6.07, 6.45) is 13.3. The van der Waals surface area contributed by atoms with E-state index in [-0.39, 0.29) is 25.0 Å². The van der Waals surface area contributed by atoms with Gasteiger partial charge in [-0.3, -0.25) is 9.59 Å². The lowest BCUT2D eigenvalue weighted by molar-refractivity contribution is -0.137. The van der Waals surface area contributed by atoms with E-state index in [2.05, 4.69) is 5.32 Å². The first-order chi connectivity index (χ1) is 11.6. The molecule has 3 N–H and O–H groups in total. The Morgan fingerprint density at radius 1 is 0.833 bits per heavy atom. The molecule has 0 aliphatic carbocycles. The van der Waals surface area contributed by atoms with Gasteiger partial charge in [0.25, 0.3) is 0 Å². The zero-order valence-corrected chi connectivity index (χ0v) is 15.4. The SMILES string of the molecule is CCC(=O)NC(CCCCCCCO)CCCCCCCC(=O)O. The number of amides is 1. The van der Waals surface area contributed by atoms with Crippen molar-refractivity contribution in [2.75, 3.05) is 6.61 Å². The van der Waals surface area contributed by atoms with Crippen LogP contribution in [0.1, 0.15) is 96.8 Å². The van der Waals surface area contributed by atoms with Gasteiger partial charge in [-0.15, -0.1) is 0 Å². The Morgan fingerprint density at radius 3 is 1.83 bits per heavy atom. The molecule has 0 aliphatic heterocycles. The third-order valence-electron chi connectivity index (χ3n) is 4.34. The lowest BCUT2D eigenvalue weighted by Crippen LogP contribution is -2.34. The molecule has 5 nitrogen and oxygen atoms in total. The molecule has 0 saturated heterocycles. The Morgan fingerprint density at radius 2 is 1.33 bits per heavy atom. The van der Waals surface area contributed by atoms with Gasteiger partial charge in [0, 0.05) is 25.5 Å². The molecule has 1 unspecified atom stereocenters. The molecule has 0 rings (SSSR count). The average Bonchev–Trinajstić information content (AvgIpc) is 2.56. The Bertz CT molecular complexity index is 320. The minimum atomic E-state index is -0.712. The molecule has 0 saturated carbocycles. The van der Waals surface area contributed by atoms with Crippen molar-refractivity contribution in [2.24, 2.45) is 0 Å². The number of nitrogens with one attached hydrogen (secondary N) is 1. The van der Waals surface area contributed by atoms with Gasteiger partial charge in [0.05, 0.1) is 0 Å². The van der Waals surface area contributed by atoms with Gasteiger partial charge in [-0.2, -0.15) is 0 Å². The predicted molar refractivity (Wildman–Crippen MR) is 97.0 cm³/mol. The second kappa shape index (κ2) is 16.7. The van der Waals surface area contributed by atoms with Crippen molar-refractivity contribution in [3.8, 4) is 0 Å². The number of carbonyl (C=O) groups excluding carboxylic acids is 1. The van der Waals surface area contributed by atoms with Crippen LogP contribution >= 0.6 is 0 Å². The molecule has 1 atom stereocenters. The minimum Gasteiger partial charge on any atom is -0.481 e. The van der Waals surface area contributed by atoms with Crippen molar-refractivity contribution in [2.45, 2.75) is 103 Å². The van der Waals surface area contributed by atoms with Crippen LogP contribution in [0, 0.1) is 0 Å². The molecular formula is C19H37NO4. The minimum absolute atomic E-state index is 0.127. The topological polar surface area (TPSA) is 86.6 Å². The van der Waals surface area contributed by atoms with Crippen LogP contribution in [0.15, 0.2) is 0 Å². The molecule has 0 aliphatic rings. The van der Waals surface area contributed by atoms with E-state index in [1.54, 1.807) is 0 Å². The van der Waals surface area contributed by atoms with E-state index >= 15 is 0 Å². The monoisotopic (exact) mass is 343 g/mol. The van der Waals surface area contributed by atoms with Crippen molar-refractivity contribution in [3.63, 3.8) is 0 Å². The molecule has 0 radical (unpaired) electrons. The van der Waals surface area contributed by atoms with Crippen molar-refractivity contribution in [3.05, 3.63) is 0 Å². The van der Waals surface area contributed by atoms with Crippen molar-refractivity contribution < 1.29 is 19.8 Å². The first kappa shape index (κ1) is 22.9. The normalized spacial score (nSPS) is 12.1. The Balaban J connectivity index is 3.79. The van der Waals surface area contributed by atoms with E-state index in [9.17, 15) is 9.59 Å². The highest BCUT2D eigenvalue weighted by Gasteiger charge is 2.10. The van der Waals surface area contributed by atoms with Gasteiger partial charge in [0.1, 0.15) is 0 Å². The van der Waals surface area contributed by atoms with Crippen molar-refractivity contribution in [1.29, 1.82) is 0 Å². The molecule has 0 bridgehead atoms.